The summed E-state index contributed by atoms with van der Waals surface area (Å²) < 4.78 is 7.57. The van der Waals surface area contributed by atoms with Crippen molar-refractivity contribution in [2.24, 2.45) is 7.05 Å². The normalized spacial score (nSPS) is 10.9. The fourth-order valence-corrected chi connectivity index (χ4v) is 2.96. The molecule has 1 heterocycles. The number of aryl methyl sites for hydroxylation is 3. The zero-order valence-electron chi connectivity index (χ0n) is 14.8. The van der Waals surface area contributed by atoms with Crippen LogP contribution in [0.25, 0.3) is 11.3 Å². The highest BCUT2D eigenvalue weighted by Crippen LogP contribution is 2.31. The van der Waals surface area contributed by atoms with Crippen LogP contribution in [-0.4, -0.2) is 14.9 Å². The predicted octanol–water partition coefficient (Wildman–Crippen LogP) is 4.95. The van der Waals surface area contributed by atoms with E-state index in [1.165, 1.54) is 0 Å². The third-order valence-corrected chi connectivity index (χ3v) is 4.88. The highest BCUT2D eigenvalue weighted by atomic mass is 35.5. The smallest absolute Gasteiger partial charge is 0.130 e. The summed E-state index contributed by atoms with van der Waals surface area (Å²) in [6, 6.07) is 11.6. The van der Waals surface area contributed by atoms with E-state index in [-0.39, 0.29) is 5.75 Å². The molecule has 1 aromatic heterocycles. The van der Waals surface area contributed by atoms with Crippen LogP contribution in [-0.2, 0) is 13.7 Å². The summed E-state index contributed by atoms with van der Waals surface area (Å²) in [5.41, 5.74) is 5.46. The van der Waals surface area contributed by atoms with Crippen LogP contribution >= 0.6 is 11.6 Å². The van der Waals surface area contributed by atoms with Crippen molar-refractivity contribution in [1.29, 1.82) is 0 Å². The highest BCUT2D eigenvalue weighted by molar-refractivity contribution is 6.30. The summed E-state index contributed by atoms with van der Waals surface area (Å²) in [6.07, 6.45) is 0. The van der Waals surface area contributed by atoms with Crippen LogP contribution in [0.1, 0.15) is 22.3 Å². The second kappa shape index (κ2) is 6.81. The van der Waals surface area contributed by atoms with E-state index >= 15 is 0 Å². The number of phenolic OH excluding ortho intramolecular Hbond substituents is 1. The molecule has 1 N–H and O–H groups in total. The number of ether oxygens (including phenoxy) is 1. The molecule has 0 aliphatic rings. The molecule has 0 unspecified atom stereocenters. The first-order valence-electron chi connectivity index (χ1n) is 8.09. The van der Waals surface area contributed by atoms with Gasteiger partial charge in [-0.25, -0.2) is 0 Å². The molecule has 3 aromatic rings. The van der Waals surface area contributed by atoms with Crippen LogP contribution in [0.3, 0.4) is 0 Å². The Balaban J connectivity index is 1.83. The Bertz CT molecular complexity index is 932. The molecule has 2 aromatic carbocycles. The zero-order valence-corrected chi connectivity index (χ0v) is 15.6. The van der Waals surface area contributed by atoms with E-state index < -0.39 is 0 Å². The zero-order chi connectivity index (χ0) is 18.1. The van der Waals surface area contributed by atoms with Gasteiger partial charge in [0.1, 0.15) is 23.3 Å². The van der Waals surface area contributed by atoms with Crippen molar-refractivity contribution in [3.8, 4) is 22.8 Å². The molecule has 25 heavy (non-hydrogen) atoms. The number of hydrogen-bond acceptors (Lipinski definition) is 3. The first kappa shape index (κ1) is 17.4. The summed E-state index contributed by atoms with van der Waals surface area (Å²) >= 11 is 6.22. The number of hydrogen-bond donors (Lipinski definition) is 1. The van der Waals surface area contributed by atoms with E-state index in [1.54, 1.807) is 4.68 Å². The van der Waals surface area contributed by atoms with Gasteiger partial charge in [0, 0.05) is 23.7 Å². The van der Waals surface area contributed by atoms with Crippen molar-refractivity contribution in [3.63, 3.8) is 0 Å². The van der Waals surface area contributed by atoms with Gasteiger partial charge in [-0.2, -0.15) is 5.10 Å². The molecule has 130 valence electrons. The summed E-state index contributed by atoms with van der Waals surface area (Å²) in [4.78, 5) is 0. The van der Waals surface area contributed by atoms with E-state index in [0.717, 1.165) is 39.3 Å². The number of aromatic nitrogens is 2. The van der Waals surface area contributed by atoms with Crippen LogP contribution in [0, 0.1) is 20.8 Å². The second-order valence-electron chi connectivity index (χ2n) is 6.24. The molecule has 0 spiro atoms. The van der Waals surface area contributed by atoms with E-state index in [0.29, 0.717) is 11.8 Å². The molecule has 0 saturated carbocycles. The van der Waals surface area contributed by atoms with E-state index in [4.69, 9.17) is 16.3 Å². The lowest BCUT2D eigenvalue weighted by molar-refractivity contribution is 0.297. The predicted molar refractivity (Wildman–Crippen MR) is 100 cm³/mol. The fraction of sp³-hybridized carbons (Fsp3) is 0.250. The van der Waals surface area contributed by atoms with Gasteiger partial charge in [-0.15, -0.1) is 0 Å². The van der Waals surface area contributed by atoms with Gasteiger partial charge in [0.25, 0.3) is 0 Å². The quantitative estimate of drug-likeness (QED) is 0.719. The molecule has 0 aliphatic carbocycles. The molecule has 4 nitrogen and oxygen atoms in total. The molecular weight excluding hydrogens is 336 g/mol. The number of para-hydroxylation sites is 1. The maximum Gasteiger partial charge on any atom is 0.130 e. The van der Waals surface area contributed by atoms with Gasteiger partial charge in [0.05, 0.1) is 5.69 Å². The van der Waals surface area contributed by atoms with Crippen molar-refractivity contribution in [2.75, 3.05) is 0 Å². The van der Waals surface area contributed by atoms with Crippen LogP contribution in [0.15, 0.2) is 36.4 Å². The third-order valence-electron chi connectivity index (χ3n) is 4.35. The van der Waals surface area contributed by atoms with Crippen molar-refractivity contribution in [3.05, 3.63) is 63.8 Å². The number of aromatic hydroxyl groups is 1. The molecule has 0 atom stereocenters. The number of rotatable bonds is 4. The molecule has 5 heteroatoms. The Hall–Kier alpha value is -2.46. The summed E-state index contributed by atoms with van der Waals surface area (Å²) in [5, 5.41) is 15.2. The minimum atomic E-state index is 0.288. The minimum Gasteiger partial charge on any atom is -0.507 e. The van der Waals surface area contributed by atoms with Gasteiger partial charge in [0.15, 0.2) is 0 Å². The molecule has 0 amide bonds. The van der Waals surface area contributed by atoms with Gasteiger partial charge >= 0.3 is 0 Å². The Kier molecular flexibility index (Phi) is 4.73. The average molecular weight is 357 g/mol. The van der Waals surface area contributed by atoms with Crippen LogP contribution < -0.4 is 4.74 Å². The van der Waals surface area contributed by atoms with E-state index in [1.807, 2.05) is 64.2 Å². The number of benzene rings is 2. The van der Waals surface area contributed by atoms with E-state index in [2.05, 4.69) is 5.10 Å². The van der Waals surface area contributed by atoms with Gasteiger partial charge in [-0.1, -0.05) is 29.8 Å². The maximum atomic E-state index is 10.1. The topological polar surface area (TPSA) is 47.3 Å². The first-order chi connectivity index (χ1) is 11.9. The Morgan fingerprint density at radius 2 is 1.88 bits per heavy atom. The molecule has 0 bridgehead atoms. The minimum absolute atomic E-state index is 0.288. The lowest BCUT2D eigenvalue weighted by Gasteiger charge is -2.12. The summed E-state index contributed by atoms with van der Waals surface area (Å²) in [5.74, 6) is 1.07. The standard InChI is InChI=1S/C20H21ClN2O2/c1-12-6-5-7-16(19(12)24)11-25-17-9-8-15(10-13(17)2)18-14(3)20(21)23(4)22-18/h5-10,24H,11H2,1-4H3. The van der Waals surface area contributed by atoms with Crippen molar-refractivity contribution < 1.29 is 9.84 Å². The maximum absolute atomic E-state index is 10.1. The summed E-state index contributed by atoms with van der Waals surface area (Å²) in [6.45, 7) is 6.15. The molecule has 0 aliphatic heterocycles. The third kappa shape index (κ3) is 3.35. The second-order valence-corrected chi connectivity index (χ2v) is 6.60. The molecule has 0 saturated heterocycles. The fourth-order valence-electron chi connectivity index (χ4n) is 2.83. The number of halogens is 1. The first-order valence-corrected chi connectivity index (χ1v) is 8.46. The van der Waals surface area contributed by atoms with Crippen molar-refractivity contribution in [2.45, 2.75) is 27.4 Å². The lowest BCUT2D eigenvalue weighted by atomic mass is 10.1. The summed E-state index contributed by atoms with van der Waals surface area (Å²) in [7, 11) is 1.83. The van der Waals surface area contributed by atoms with Gasteiger partial charge < -0.3 is 9.84 Å². The Morgan fingerprint density at radius 1 is 1.12 bits per heavy atom. The SMILES string of the molecule is Cc1cc(-c2nn(C)c(Cl)c2C)ccc1OCc1cccc(C)c1O. The van der Waals surface area contributed by atoms with Crippen molar-refractivity contribution >= 4 is 11.6 Å². The Morgan fingerprint density at radius 3 is 2.52 bits per heavy atom. The lowest BCUT2D eigenvalue weighted by Crippen LogP contribution is -1.98. The van der Waals surface area contributed by atoms with Crippen molar-refractivity contribution in [1.82, 2.24) is 9.78 Å². The van der Waals surface area contributed by atoms with E-state index in [9.17, 15) is 5.11 Å². The van der Waals surface area contributed by atoms with Crippen LogP contribution in [0.2, 0.25) is 5.15 Å². The largest absolute Gasteiger partial charge is 0.507 e. The Labute approximate surface area is 152 Å². The van der Waals surface area contributed by atoms with Crippen LogP contribution in [0.4, 0.5) is 0 Å². The molecular formula is C20H21ClN2O2. The highest BCUT2D eigenvalue weighted by Gasteiger charge is 2.13. The number of nitrogens with zero attached hydrogens (tertiary/aromatic N) is 2. The van der Waals surface area contributed by atoms with Crippen LogP contribution in [0.5, 0.6) is 11.5 Å². The van der Waals surface area contributed by atoms with Gasteiger partial charge in [0.2, 0.25) is 0 Å². The molecule has 3 rings (SSSR count). The van der Waals surface area contributed by atoms with Gasteiger partial charge in [-0.05, 0) is 50.1 Å². The average Bonchev–Trinajstić information content (AvgIpc) is 2.84. The monoisotopic (exact) mass is 356 g/mol. The molecule has 0 fully saturated rings. The number of phenols is 1. The van der Waals surface area contributed by atoms with Gasteiger partial charge in [-0.3, -0.25) is 4.68 Å². The molecule has 0 radical (unpaired) electrons.